The number of likely N-dealkylation sites (tertiary alicyclic amines) is 1. The van der Waals surface area contributed by atoms with E-state index in [4.69, 9.17) is 11.6 Å². The predicted molar refractivity (Wildman–Crippen MR) is 68.3 cm³/mol. The van der Waals surface area contributed by atoms with Crippen LogP contribution in [0.25, 0.3) is 0 Å². The number of rotatable bonds is 2. The van der Waals surface area contributed by atoms with Crippen LogP contribution in [0.1, 0.15) is 18.4 Å². The van der Waals surface area contributed by atoms with Crippen molar-refractivity contribution in [2.75, 3.05) is 13.1 Å². The molecule has 1 atom stereocenters. The molecule has 1 aliphatic heterocycles. The first-order valence-corrected chi connectivity index (χ1v) is 6.58. The molecule has 1 aliphatic rings. The van der Waals surface area contributed by atoms with Crippen LogP contribution in [-0.4, -0.2) is 23.4 Å². The Morgan fingerprint density at radius 1 is 1.40 bits per heavy atom. The van der Waals surface area contributed by atoms with Gasteiger partial charge in [-0.25, -0.2) is 0 Å². The highest BCUT2D eigenvalue weighted by Gasteiger charge is 2.18. The van der Waals surface area contributed by atoms with Gasteiger partial charge in [0.2, 0.25) is 0 Å². The third-order valence-corrected chi connectivity index (χ3v) is 3.93. The Kier molecular flexibility index (Phi) is 4.06. The van der Waals surface area contributed by atoms with Gasteiger partial charge in [-0.2, -0.15) is 0 Å². The molecule has 3 heteroatoms. The number of benzene rings is 1. The lowest BCUT2D eigenvalue weighted by atomic mass is 10.1. The van der Waals surface area contributed by atoms with Crippen molar-refractivity contribution in [3.63, 3.8) is 0 Å². The van der Waals surface area contributed by atoms with Crippen LogP contribution in [0, 0.1) is 0 Å². The van der Waals surface area contributed by atoms with Gasteiger partial charge in [0.15, 0.2) is 0 Å². The molecule has 0 spiro atoms. The smallest absolute Gasteiger partial charge is 0.0463 e. The molecule has 0 aliphatic carbocycles. The van der Waals surface area contributed by atoms with Crippen molar-refractivity contribution in [1.82, 2.24) is 4.90 Å². The first kappa shape index (κ1) is 11.4. The summed E-state index contributed by atoms with van der Waals surface area (Å²) < 4.78 is 1.20. The summed E-state index contributed by atoms with van der Waals surface area (Å²) in [4.78, 5) is 2.43. The molecular formula is C12H15BrClN. The molecule has 82 valence electrons. The van der Waals surface area contributed by atoms with Crippen LogP contribution in [0.4, 0.5) is 0 Å². The maximum Gasteiger partial charge on any atom is 0.0463 e. The molecule has 15 heavy (non-hydrogen) atoms. The van der Waals surface area contributed by atoms with Crippen LogP contribution in [-0.2, 0) is 6.54 Å². The molecule has 1 nitrogen and oxygen atoms in total. The van der Waals surface area contributed by atoms with Crippen molar-refractivity contribution >= 4 is 27.5 Å². The Morgan fingerprint density at radius 2 is 2.20 bits per heavy atom. The Labute approximate surface area is 105 Å². The van der Waals surface area contributed by atoms with Crippen molar-refractivity contribution in [1.29, 1.82) is 0 Å². The topological polar surface area (TPSA) is 3.24 Å². The second-order valence-corrected chi connectivity index (χ2v) is 5.54. The van der Waals surface area contributed by atoms with Crippen LogP contribution in [0.2, 0.25) is 0 Å². The van der Waals surface area contributed by atoms with E-state index in [1.807, 2.05) is 6.07 Å². The number of halogens is 2. The standard InChI is InChI=1S/C12H15BrClN/c13-12-6-2-1-4-10(12)8-15-7-3-5-11(14)9-15/h1-2,4,6,11H,3,5,7-9H2. The Hall–Kier alpha value is -0.0500. The lowest BCUT2D eigenvalue weighted by Gasteiger charge is -2.29. The van der Waals surface area contributed by atoms with Crippen LogP contribution in [0.5, 0.6) is 0 Å². The van der Waals surface area contributed by atoms with Gasteiger partial charge in [0.05, 0.1) is 0 Å². The van der Waals surface area contributed by atoms with Crippen LogP contribution < -0.4 is 0 Å². The van der Waals surface area contributed by atoms with E-state index in [0.29, 0.717) is 5.38 Å². The molecule has 0 N–H and O–H groups in total. The molecule has 1 fully saturated rings. The summed E-state index contributed by atoms with van der Waals surface area (Å²) in [5.74, 6) is 0. The molecule has 1 saturated heterocycles. The highest BCUT2D eigenvalue weighted by atomic mass is 79.9. The maximum atomic E-state index is 6.16. The van der Waals surface area contributed by atoms with Gasteiger partial charge in [-0.1, -0.05) is 34.1 Å². The third-order valence-electron chi connectivity index (χ3n) is 2.80. The summed E-state index contributed by atoms with van der Waals surface area (Å²) >= 11 is 9.74. The summed E-state index contributed by atoms with van der Waals surface area (Å²) in [5.41, 5.74) is 1.35. The zero-order valence-electron chi connectivity index (χ0n) is 8.63. The van der Waals surface area contributed by atoms with Crippen molar-refractivity contribution in [2.45, 2.75) is 24.8 Å². The van der Waals surface area contributed by atoms with E-state index in [2.05, 4.69) is 39.0 Å². The average Bonchev–Trinajstić information content (AvgIpc) is 2.22. The summed E-state index contributed by atoms with van der Waals surface area (Å²) in [6, 6.07) is 8.40. The zero-order chi connectivity index (χ0) is 10.7. The Bertz CT molecular complexity index is 329. The molecule has 0 saturated carbocycles. The van der Waals surface area contributed by atoms with E-state index >= 15 is 0 Å². The number of hydrogen-bond acceptors (Lipinski definition) is 1. The van der Waals surface area contributed by atoms with Crippen LogP contribution in [0.3, 0.4) is 0 Å². The minimum Gasteiger partial charge on any atom is -0.298 e. The van der Waals surface area contributed by atoms with E-state index in [9.17, 15) is 0 Å². The van der Waals surface area contributed by atoms with Gasteiger partial charge in [0.1, 0.15) is 0 Å². The highest BCUT2D eigenvalue weighted by Crippen LogP contribution is 2.21. The largest absolute Gasteiger partial charge is 0.298 e. The van der Waals surface area contributed by atoms with E-state index in [0.717, 1.165) is 19.5 Å². The molecule has 1 aromatic rings. The zero-order valence-corrected chi connectivity index (χ0v) is 11.0. The third kappa shape index (κ3) is 3.20. The van der Waals surface area contributed by atoms with Crippen molar-refractivity contribution in [3.05, 3.63) is 34.3 Å². The molecular weight excluding hydrogens is 273 g/mol. The van der Waals surface area contributed by atoms with Crippen LogP contribution >= 0.6 is 27.5 Å². The average molecular weight is 289 g/mol. The second-order valence-electron chi connectivity index (χ2n) is 4.07. The van der Waals surface area contributed by atoms with Crippen LogP contribution in [0.15, 0.2) is 28.7 Å². The summed E-state index contributed by atoms with van der Waals surface area (Å²) in [6.07, 6.45) is 2.38. The normalized spacial score (nSPS) is 22.9. The van der Waals surface area contributed by atoms with E-state index < -0.39 is 0 Å². The molecule has 0 amide bonds. The fraction of sp³-hybridized carbons (Fsp3) is 0.500. The van der Waals surface area contributed by atoms with E-state index in [1.165, 1.54) is 23.0 Å². The van der Waals surface area contributed by atoms with Gasteiger partial charge in [-0.15, -0.1) is 11.6 Å². The first-order valence-electron chi connectivity index (χ1n) is 5.35. The van der Waals surface area contributed by atoms with Gasteiger partial charge < -0.3 is 0 Å². The SMILES string of the molecule is ClC1CCCN(Cc2ccccc2Br)C1. The number of nitrogens with zero attached hydrogens (tertiary/aromatic N) is 1. The van der Waals surface area contributed by atoms with Gasteiger partial charge in [-0.3, -0.25) is 4.90 Å². The molecule has 0 bridgehead atoms. The molecule has 1 unspecified atom stereocenters. The number of hydrogen-bond donors (Lipinski definition) is 0. The Morgan fingerprint density at radius 3 is 2.93 bits per heavy atom. The first-order chi connectivity index (χ1) is 7.25. The van der Waals surface area contributed by atoms with Gasteiger partial charge in [0.25, 0.3) is 0 Å². The molecule has 2 rings (SSSR count). The Balaban J connectivity index is 1.99. The highest BCUT2D eigenvalue weighted by molar-refractivity contribution is 9.10. The second kappa shape index (κ2) is 5.33. The fourth-order valence-electron chi connectivity index (χ4n) is 2.01. The van der Waals surface area contributed by atoms with Crippen molar-refractivity contribution in [2.24, 2.45) is 0 Å². The molecule has 0 aromatic heterocycles. The lowest BCUT2D eigenvalue weighted by Crippen LogP contribution is -2.35. The summed E-state index contributed by atoms with van der Waals surface area (Å²) in [7, 11) is 0. The molecule has 1 heterocycles. The summed E-state index contributed by atoms with van der Waals surface area (Å²) in [6.45, 7) is 3.19. The fourth-order valence-corrected chi connectivity index (χ4v) is 2.77. The van der Waals surface area contributed by atoms with E-state index in [1.54, 1.807) is 0 Å². The minimum atomic E-state index is 0.334. The van der Waals surface area contributed by atoms with Gasteiger partial charge in [0, 0.05) is 22.9 Å². The quantitative estimate of drug-likeness (QED) is 0.751. The van der Waals surface area contributed by atoms with Gasteiger partial charge >= 0.3 is 0 Å². The van der Waals surface area contributed by atoms with Crippen molar-refractivity contribution < 1.29 is 0 Å². The summed E-state index contributed by atoms with van der Waals surface area (Å²) in [5, 5.41) is 0.334. The lowest BCUT2D eigenvalue weighted by molar-refractivity contribution is 0.224. The minimum absolute atomic E-state index is 0.334. The predicted octanol–water partition coefficient (Wildman–Crippen LogP) is 3.65. The maximum absolute atomic E-state index is 6.16. The monoisotopic (exact) mass is 287 g/mol. The van der Waals surface area contributed by atoms with Crippen molar-refractivity contribution in [3.8, 4) is 0 Å². The number of piperidine rings is 1. The molecule has 1 aromatic carbocycles. The van der Waals surface area contributed by atoms with Gasteiger partial charge in [-0.05, 0) is 31.0 Å². The van der Waals surface area contributed by atoms with E-state index in [-0.39, 0.29) is 0 Å². The molecule has 0 radical (unpaired) electrons. The number of alkyl halides is 1.